The Morgan fingerprint density at radius 1 is 1.29 bits per heavy atom. The summed E-state index contributed by atoms with van der Waals surface area (Å²) in [5.74, 6) is 0. The van der Waals surface area contributed by atoms with Crippen LogP contribution in [0.1, 0.15) is 31.7 Å². The van der Waals surface area contributed by atoms with Gasteiger partial charge < -0.3 is 5.32 Å². The molecule has 1 aromatic carbocycles. The maximum atomic E-state index is 4.39. The van der Waals surface area contributed by atoms with Gasteiger partial charge in [-0.05, 0) is 49.7 Å². The van der Waals surface area contributed by atoms with Crippen LogP contribution in [0, 0.1) is 0 Å². The molecule has 0 aliphatic carbocycles. The van der Waals surface area contributed by atoms with Gasteiger partial charge in [-0.1, -0.05) is 25.5 Å². The average Bonchev–Trinajstić information content (AvgIpc) is 2.55. The van der Waals surface area contributed by atoms with E-state index in [4.69, 9.17) is 0 Å². The Balaban J connectivity index is 1.66. The summed E-state index contributed by atoms with van der Waals surface area (Å²) in [5, 5.41) is 4.89. The third-order valence-corrected chi connectivity index (χ3v) is 4.41. The van der Waals surface area contributed by atoms with Crippen LogP contribution in [0.25, 0.3) is 10.9 Å². The van der Waals surface area contributed by atoms with Crippen LogP contribution >= 0.6 is 0 Å². The second-order valence-corrected chi connectivity index (χ2v) is 6.01. The largest absolute Gasteiger partial charge is 0.313 e. The highest BCUT2D eigenvalue weighted by Gasteiger charge is 2.15. The van der Waals surface area contributed by atoms with Gasteiger partial charge in [-0.15, -0.1) is 0 Å². The molecular weight excluding hydrogens is 258 g/mol. The number of rotatable bonds is 5. The highest BCUT2D eigenvalue weighted by Crippen LogP contribution is 2.16. The van der Waals surface area contributed by atoms with Crippen LogP contribution < -0.4 is 5.32 Å². The van der Waals surface area contributed by atoms with Crippen molar-refractivity contribution < 1.29 is 0 Å². The minimum Gasteiger partial charge on any atom is -0.313 e. The molecule has 1 unspecified atom stereocenters. The summed E-state index contributed by atoms with van der Waals surface area (Å²) in [6.07, 6.45) is 5.88. The second-order valence-electron chi connectivity index (χ2n) is 6.01. The van der Waals surface area contributed by atoms with Gasteiger partial charge in [-0.3, -0.25) is 9.88 Å². The molecule has 1 saturated heterocycles. The van der Waals surface area contributed by atoms with Gasteiger partial charge >= 0.3 is 0 Å². The first kappa shape index (κ1) is 14.5. The summed E-state index contributed by atoms with van der Waals surface area (Å²) in [6.45, 7) is 6.72. The number of likely N-dealkylation sites (N-methyl/N-ethyl adjacent to an activating group) is 1. The first-order chi connectivity index (χ1) is 10.3. The number of fused-ring (bicyclic) bond motifs is 1. The fourth-order valence-corrected chi connectivity index (χ4v) is 3.18. The molecule has 21 heavy (non-hydrogen) atoms. The van der Waals surface area contributed by atoms with Gasteiger partial charge in [0.15, 0.2) is 0 Å². The van der Waals surface area contributed by atoms with Gasteiger partial charge in [0.05, 0.1) is 5.52 Å². The van der Waals surface area contributed by atoms with Crippen LogP contribution in [-0.4, -0.2) is 35.6 Å². The highest BCUT2D eigenvalue weighted by molar-refractivity contribution is 5.78. The van der Waals surface area contributed by atoms with E-state index in [-0.39, 0.29) is 0 Å². The number of hydrogen-bond acceptors (Lipinski definition) is 3. The van der Waals surface area contributed by atoms with Gasteiger partial charge in [0.25, 0.3) is 0 Å². The van der Waals surface area contributed by atoms with Crippen molar-refractivity contribution in [3.05, 3.63) is 42.1 Å². The molecule has 1 aliphatic heterocycles. The fourth-order valence-electron chi connectivity index (χ4n) is 3.18. The van der Waals surface area contributed by atoms with Crippen molar-refractivity contribution in [3.63, 3.8) is 0 Å². The average molecular weight is 283 g/mol. The van der Waals surface area contributed by atoms with Crippen molar-refractivity contribution >= 4 is 10.9 Å². The zero-order valence-electron chi connectivity index (χ0n) is 12.9. The smallest absolute Gasteiger partial charge is 0.0702 e. The number of aromatic nitrogens is 1. The van der Waals surface area contributed by atoms with Crippen LogP contribution in [0.4, 0.5) is 0 Å². The summed E-state index contributed by atoms with van der Waals surface area (Å²) in [4.78, 5) is 6.93. The van der Waals surface area contributed by atoms with E-state index in [1.807, 2.05) is 12.3 Å². The van der Waals surface area contributed by atoms with E-state index >= 15 is 0 Å². The summed E-state index contributed by atoms with van der Waals surface area (Å²) < 4.78 is 0. The lowest BCUT2D eigenvalue weighted by Gasteiger charge is -2.30. The predicted octanol–water partition coefficient (Wildman–Crippen LogP) is 3.20. The molecule has 0 spiro atoms. The standard InChI is InChI=1S/C18H25N3/c1-2-21(14-17-7-3-4-10-19-17)13-15-8-9-18-16(12-15)6-5-11-20-18/h5-6,8-9,11-12,17,19H,2-4,7,10,13-14H2,1H3. The first-order valence-corrected chi connectivity index (χ1v) is 8.14. The van der Waals surface area contributed by atoms with E-state index < -0.39 is 0 Å². The van der Waals surface area contributed by atoms with Crippen molar-refractivity contribution in [2.45, 2.75) is 38.8 Å². The van der Waals surface area contributed by atoms with Crippen LogP contribution in [0.3, 0.4) is 0 Å². The fraction of sp³-hybridized carbons (Fsp3) is 0.500. The number of pyridine rings is 1. The van der Waals surface area contributed by atoms with Gasteiger partial charge in [0, 0.05) is 30.7 Å². The molecule has 1 aromatic heterocycles. The molecule has 1 atom stereocenters. The molecule has 0 bridgehead atoms. The van der Waals surface area contributed by atoms with Crippen LogP contribution in [-0.2, 0) is 6.54 Å². The number of benzene rings is 1. The SMILES string of the molecule is CCN(Cc1ccc2ncccc2c1)CC1CCCCN1. The monoisotopic (exact) mass is 283 g/mol. The third-order valence-electron chi connectivity index (χ3n) is 4.41. The molecule has 3 nitrogen and oxygen atoms in total. The van der Waals surface area contributed by atoms with E-state index in [0.717, 1.165) is 25.2 Å². The zero-order valence-corrected chi connectivity index (χ0v) is 12.9. The lowest BCUT2D eigenvalue weighted by atomic mass is 10.0. The second kappa shape index (κ2) is 7.01. The quantitative estimate of drug-likeness (QED) is 0.913. The number of piperidine rings is 1. The van der Waals surface area contributed by atoms with Crippen LogP contribution in [0.5, 0.6) is 0 Å². The van der Waals surface area contributed by atoms with Gasteiger partial charge in [0.1, 0.15) is 0 Å². The van der Waals surface area contributed by atoms with Crippen molar-refractivity contribution in [3.8, 4) is 0 Å². The molecule has 1 aliphatic rings. The Morgan fingerprint density at radius 2 is 2.24 bits per heavy atom. The molecule has 0 radical (unpaired) electrons. The predicted molar refractivity (Wildman–Crippen MR) is 88.3 cm³/mol. The molecule has 1 fully saturated rings. The van der Waals surface area contributed by atoms with Crippen LogP contribution in [0.15, 0.2) is 36.5 Å². The van der Waals surface area contributed by atoms with E-state index in [0.29, 0.717) is 6.04 Å². The van der Waals surface area contributed by atoms with Crippen molar-refractivity contribution in [2.75, 3.05) is 19.6 Å². The number of nitrogens with one attached hydrogen (secondary N) is 1. The summed E-state index contributed by atoms with van der Waals surface area (Å²) in [5.41, 5.74) is 2.46. The molecule has 2 aromatic rings. The molecule has 2 heterocycles. The Kier molecular flexibility index (Phi) is 4.84. The molecule has 3 rings (SSSR count). The van der Waals surface area contributed by atoms with Crippen molar-refractivity contribution in [1.29, 1.82) is 0 Å². The Hall–Kier alpha value is -1.45. The highest BCUT2D eigenvalue weighted by atomic mass is 15.1. The lowest BCUT2D eigenvalue weighted by molar-refractivity contribution is 0.226. The first-order valence-electron chi connectivity index (χ1n) is 8.14. The molecule has 0 saturated carbocycles. The maximum absolute atomic E-state index is 4.39. The van der Waals surface area contributed by atoms with Gasteiger partial charge in [-0.25, -0.2) is 0 Å². The Morgan fingerprint density at radius 3 is 3.05 bits per heavy atom. The topological polar surface area (TPSA) is 28.2 Å². The summed E-state index contributed by atoms with van der Waals surface area (Å²) >= 11 is 0. The summed E-state index contributed by atoms with van der Waals surface area (Å²) in [6, 6.07) is 11.4. The molecule has 1 N–H and O–H groups in total. The normalized spacial score (nSPS) is 19.2. The number of nitrogens with zero attached hydrogens (tertiary/aromatic N) is 2. The number of hydrogen-bond donors (Lipinski definition) is 1. The minimum atomic E-state index is 0.667. The molecule has 0 amide bonds. The minimum absolute atomic E-state index is 0.667. The zero-order chi connectivity index (χ0) is 14.5. The molecular formula is C18H25N3. The van der Waals surface area contributed by atoms with Crippen LogP contribution in [0.2, 0.25) is 0 Å². The Bertz CT molecular complexity index is 575. The third kappa shape index (κ3) is 3.80. The molecule has 3 heteroatoms. The van der Waals surface area contributed by atoms with Crippen molar-refractivity contribution in [1.82, 2.24) is 15.2 Å². The van der Waals surface area contributed by atoms with E-state index in [1.54, 1.807) is 0 Å². The van der Waals surface area contributed by atoms with E-state index in [2.05, 4.69) is 46.4 Å². The molecule has 112 valence electrons. The maximum Gasteiger partial charge on any atom is 0.0702 e. The van der Waals surface area contributed by atoms with Gasteiger partial charge in [0.2, 0.25) is 0 Å². The lowest BCUT2D eigenvalue weighted by Crippen LogP contribution is -2.43. The Labute approximate surface area is 127 Å². The van der Waals surface area contributed by atoms with Crippen molar-refractivity contribution in [2.24, 2.45) is 0 Å². The van der Waals surface area contributed by atoms with E-state index in [1.165, 1.54) is 36.8 Å². The van der Waals surface area contributed by atoms with E-state index in [9.17, 15) is 0 Å². The van der Waals surface area contributed by atoms with Gasteiger partial charge in [-0.2, -0.15) is 0 Å². The summed E-state index contributed by atoms with van der Waals surface area (Å²) in [7, 11) is 0.